The zero-order valence-electron chi connectivity index (χ0n) is 17.6. The van der Waals surface area contributed by atoms with Gasteiger partial charge in [0.15, 0.2) is 0 Å². The number of rotatable bonds is 2. The van der Waals surface area contributed by atoms with Crippen molar-refractivity contribution in [1.82, 2.24) is 9.80 Å². The SMILES string of the molecule is CN1CC(=O)N(c2cccc(F)c2)CC12CCN(C(=O)C1CCC1)C2.O=C(O)C(F)(F)F. The number of benzene rings is 1. The first-order chi connectivity index (χ1) is 14.9. The van der Waals surface area contributed by atoms with Crippen LogP contribution < -0.4 is 4.90 Å². The summed E-state index contributed by atoms with van der Waals surface area (Å²) < 4.78 is 45.3. The fraction of sp³-hybridized carbons (Fsp3) is 0.571. The van der Waals surface area contributed by atoms with Crippen molar-refractivity contribution in [3.63, 3.8) is 0 Å². The number of hydrogen-bond acceptors (Lipinski definition) is 4. The van der Waals surface area contributed by atoms with Gasteiger partial charge in [-0.1, -0.05) is 12.5 Å². The normalized spacial score (nSPS) is 24.2. The lowest BCUT2D eigenvalue weighted by Gasteiger charge is -2.47. The summed E-state index contributed by atoms with van der Waals surface area (Å²) in [5.41, 5.74) is 0.362. The first kappa shape index (κ1) is 24.0. The Kier molecular flexibility index (Phi) is 6.77. The monoisotopic (exact) mass is 459 g/mol. The minimum atomic E-state index is -5.08. The van der Waals surface area contributed by atoms with E-state index < -0.39 is 12.1 Å². The molecule has 1 unspecified atom stereocenters. The minimum absolute atomic E-state index is 0.0255. The smallest absolute Gasteiger partial charge is 0.475 e. The summed E-state index contributed by atoms with van der Waals surface area (Å²) in [5.74, 6) is -2.66. The second-order valence-electron chi connectivity index (χ2n) is 8.48. The van der Waals surface area contributed by atoms with Crippen molar-refractivity contribution in [2.24, 2.45) is 5.92 Å². The number of piperazine rings is 1. The highest BCUT2D eigenvalue weighted by molar-refractivity contribution is 5.96. The van der Waals surface area contributed by atoms with E-state index in [1.54, 1.807) is 17.0 Å². The number of anilines is 1. The summed E-state index contributed by atoms with van der Waals surface area (Å²) in [6.45, 7) is 2.19. The number of amides is 2. The standard InChI is InChI=1S/C19H24FN3O2.C2HF3O2/c1-21-11-17(24)23(16-7-3-6-15(20)10-16)13-19(21)8-9-22(12-19)18(25)14-4-2-5-14;3-2(4,5)1(6)7/h3,6-7,10,14H,2,4-5,8-9,11-13H2,1H3;(H,6,7). The molecule has 1 aliphatic carbocycles. The number of aliphatic carboxylic acids is 1. The molecule has 0 radical (unpaired) electrons. The number of hydrogen-bond donors (Lipinski definition) is 1. The number of carbonyl (C=O) groups excluding carboxylic acids is 2. The van der Waals surface area contributed by atoms with Crippen LogP contribution in [0.5, 0.6) is 0 Å². The van der Waals surface area contributed by atoms with E-state index in [0.29, 0.717) is 25.3 Å². The van der Waals surface area contributed by atoms with Crippen molar-refractivity contribution in [1.29, 1.82) is 0 Å². The van der Waals surface area contributed by atoms with Gasteiger partial charge in [0.25, 0.3) is 0 Å². The van der Waals surface area contributed by atoms with Gasteiger partial charge in [-0.25, -0.2) is 9.18 Å². The van der Waals surface area contributed by atoms with Crippen molar-refractivity contribution in [3.8, 4) is 0 Å². The van der Waals surface area contributed by atoms with Gasteiger partial charge in [-0.15, -0.1) is 0 Å². The van der Waals surface area contributed by atoms with E-state index in [-0.39, 0.29) is 29.1 Å². The lowest BCUT2D eigenvalue weighted by molar-refractivity contribution is -0.192. The van der Waals surface area contributed by atoms with Crippen LogP contribution in [0, 0.1) is 11.7 Å². The summed E-state index contributed by atoms with van der Waals surface area (Å²) in [6, 6.07) is 6.19. The molecule has 3 fully saturated rings. The van der Waals surface area contributed by atoms with Gasteiger partial charge >= 0.3 is 12.1 Å². The molecule has 2 amide bonds. The fourth-order valence-corrected chi connectivity index (χ4v) is 4.24. The third kappa shape index (κ3) is 5.03. The summed E-state index contributed by atoms with van der Waals surface area (Å²) in [7, 11) is 1.96. The maximum atomic E-state index is 13.6. The van der Waals surface area contributed by atoms with E-state index in [4.69, 9.17) is 9.90 Å². The van der Waals surface area contributed by atoms with Gasteiger partial charge in [-0.3, -0.25) is 14.5 Å². The van der Waals surface area contributed by atoms with Crippen LogP contribution in [0.25, 0.3) is 0 Å². The zero-order valence-corrected chi connectivity index (χ0v) is 17.6. The molecule has 3 aliphatic rings. The molecule has 1 saturated carbocycles. The molecule has 32 heavy (non-hydrogen) atoms. The second kappa shape index (κ2) is 9.05. The molecule has 0 bridgehead atoms. The third-order valence-corrected chi connectivity index (χ3v) is 6.40. The van der Waals surface area contributed by atoms with E-state index >= 15 is 0 Å². The van der Waals surface area contributed by atoms with Crippen LogP contribution in [0.4, 0.5) is 23.2 Å². The number of carboxylic acid groups (broad SMARTS) is 1. The molecule has 1 aromatic carbocycles. The van der Waals surface area contributed by atoms with Gasteiger partial charge in [-0.2, -0.15) is 13.2 Å². The molecule has 1 atom stereocenters. The van der Waals surface area contributed by atoms with Crippen molar-refractivity contribution in [2.75, 3.05) is 38.1 Å². The highest BCUT2D eigenvalue weighted by Crippen LogP contribution is 2.36. The van der Waals surface area contributed by atoms with Crippen LogP contribution in [0.1, 0.15) is 25.7 Å². The zero-order chi connectivity index (χ0) is 23.7. The van der Waals surface area contributed by atoms with Crippen molar-refractivity contribution >= 4 is 23.5 Å². The predicted octanol–water partition coefficient (Wildman–Crippen LogP) is 2.51. The van der Waals surface area contributed by atoms with E-state index in [1.165, 1.54) is 12.1 Å². The van der Waals surface area contributed by atoms with Gasteiger partial charge in [0, 0.05) is 31.2 Å². The first-order valence-electron chi connectivity index (χ1n) is 10.3. The number of halogens is 4. The van der Waals surface area contributed by atoms with Gasteiger partial charge in [0.2, 0.25) is 11.8 Å². The molecule has 7 nitrogen and oxygen atoms in total. The van der Waals surface area contributed by atoms with Crippen LogP contribution in [0.15, 0.2) is 24.3 Å². The Hall–Kier alpha value is -2.69. The third-order valence-electron chi connectivity index (χ3n) is 6.40. The molecule has 176 valence electrons. The molecule has 1 N–H and O–H groups in total. The van der Waals surface area contributed by atoms with Crippen LogP contribution in [-0.4, -0.2) is 77.6 Å². The average molecular weight is 459 g/mol. The van der Waals surface area contributed by atoms with Crippen molar-refractivity contribution in [3.05, 3.63) is 30.1 Å². The Morgan fingerprint density at radius 2 is 1.84 bits per heavy atom. The Labute approximate surface area is 182 Å². The molecule has 1 spiro atoms. The Morgan fingerprint density at radius 3 is 2.38 bits per heavy atom. The molecule has 1 aromatic rings. The topological polar surface area (TPSA) is 81.2 Å². The lowest BCUT2D eigenvalue weighted by Crippen LogP contribution is -2.64. The number of carbonyl (C=O) groups is 3. The van der Waals surface area contributed by atoms with E-state index in [9.17, 15) is 27.2 Å². The minimum Gasteiger partial charge on any atom is -0.475 e. The number of nitrogens with zero attached hydrogens (tertiary/aromatic N) is 3. The Bertz CT molecular complexity index is 890. The maximum absolute atomic E-state index is 13.6. The van der Waals surface area contributed by atoms with Crippen LogP contribution in [0.3, 0.4) is 0 Å². The molecule has 4 rings (SSSR count). The van der Waals surface area contributed by atoms with Crippen molar-refractivity contribution < 1.29 is 37.1 Å². The molecule has 2 saturated heterocycles. The molecule has 0 aromatic heterocycles. The summed E-state index contributed by atoms with van der Waals surface area (Å²) >= 11 is 0. The largest absolute Gasteiger partial charge is 0.490 e. The second-order valence-corrected chi connectivity index (χ2v) is 8.48. The summed E-state index contributed by atoms with van der Waals surface area (Å²) in [4.78, 5) is 39.7. The maximum Gasteiger partial charge on any atom is 0.490 e. The van der Waals surface area contributed by atoms with Crippen LogP contribution in [-0.2, 0) is 14.4 Å². The number of likely N-dealkylation sites (tertiary alicyclic amines) is 1. The highest BCUT2D eigenvalue weighted by Gasteiger charge is 2.49. The van der Waals surface area contributed by atoms with Gasteiger partial charge in [0.05, 0.1) is 12.1 Å². The van der Waals surface area contributed by atoms with Gasteiger partial charge < -0.3 is 14.9 Å². The average Bonchev–Trinajstić information content (AvgIpc) is 3.08. The predicted molar refractivity (Wildman–Crippen MR) is 106 cm³/mol. The lowest BCUT2D eigenvalue weighted by atomic mass is 9.84. The summed E-state index contributed by atoms with van der Waals surface area (Å²) in [6.07, 6.45) is -1.07. The first-order valence-corrected chi connectivity index (χ1v) is 10.3. The number of alkyl halides is 3. The quantitative estimate of drug-likeness (QED) is 0.688. The highest BCUT2D eigenvalue weighted by atomic mass is 19.4. The molecular formula is C21H25F4N3O4. The van der Waals surface area contributed by atoms with Crippen LogP contribution in [0.2, 0.25) is 0 Å². The fourth-order valence-electron chi connectivity index (χ4n) is 4.24. The Balaban J connectivity index is 0.000000360. The van der Waals surface area contributed by atoms with E-state index in [0.717, 1.165) is 32.2 Å². The van der Waals surface area contributed by atoms with E-state index in [2.05, 4.69) is 4.90 Å². The van der Waals surface area contributed by atoms with Gasteiger partial charge in [0.1, 0.15) is 5.82 Å². The molecule has 11 heteroatoms. The molecular weight excluding hydrogens is 434 g/mol. The van der Waals surface area contributed by atoms with Crippen LogP contribution >= 0.6 is 0 Å². The molecule has 2 aliphatic heterocycles. The summed E-state index contributed by atoms with van der Waals surface area (Å²) in [5, 5.41) is 7.12. The van der Waals surface area contributed by atoms with Gasteiger partial charge in [-0.05, 0) is 44.5 Å². The van der Waals surface area contributed by atoms with E-state index in [1.807, 2.05) is 11.9 Å². The number of carboxylic acids is 1. The van der Waals surface area contributed by atoms with Crippen molar-refractivity contribution in [2.45, 2.75) is 37.4 Å². The number of likely N-dealkylation sites (N-methyl/N-ethyl adjacent to an activating group) is 1. The molecule has 2 heterocycles. The Morgan fingerprint density at radius 1 is 1.19 bits per heavy atom.